The molecule has 0 unspecified atom stereocenters. The van der Waals surface area contributed by atoms with Crippen LogP contribution in [0.3, 0.4) is 0 Å². The van der Waals surface area contributed by atoms with Crippen LogP contribution >= 0.6 is 23.4 Å². The van der Waals surface area contributed by atoms with E-state index in [4.69, 9.17) is 11.6 Å². The molecule has 0 aliphatic rings. The minimum Gasteiger partial charge on any atom is -0.160 e. The summed E-state index contributed by atoms with van der Waals surface area (Å²) in [4.78, 5) is -0.0216. The van der Waals surface area contributed by atoms with Crippen molar-refractivity contribution in [3.05, 3.63) is 29.3 Å². The number of halogens is 4. The fourth-order valence-corrected chi connectivity index (χ4v) is 1.39. The molecule has 1 rings (SSSR count). The van der Waals surface area contributed by atoms with Crippen LogP contribution in [0.2, 0.25) is 5.02 Å². The zero-order valence-corrected chi connectivity index (χ0v) is 7.22. The molecule has 1 aromatic carbocycles. The zero-order chi connectivity index (χ0) is 9.19. The Hall–Kier alpha value is -0.350. The van der Waals surface area contributed by atoms with E-state index in [-0.39, 0.29) is 21.7 Å². The van der Waals surface area contributed by atoms with Crippen LogP contribution in [0.25, 0.3) is 0 Å². The molecule has 1 aromatic rings. The Kier molecular flexibility index (Phi) is 2.90. The van der Waals surface area contributed by atoms with Crippen LogP contribution in [-0.4, -0.2) is 5.51 Å². The lowest BCUT2D eigenvalue weighted by atomic mass is 10.4. The molecule has 0 aliphatic carbocycles. The van der Waals surface area contributed by atoms with Crippen molar-refractivity contribution in [2.75, 3.05) is 0 Å². The van der Waals surface area contributed by atoms with Crippen molar-refractivity contribution >= 4 is 23.4 Å². The Bertz CT molecular complexity index is 272. The van der Waals surface area contributed by atoms with Gasteiger partial charge in [-0.2, -0.15) is 13.2 Å². The number of alkyl halides is 3. The summed E-state index contributed by atoms with van der Waals surface area (Å²) >= 11 is 5.22. The van der Waals surface area contributed by atoms with Gasteiger partial charge in [-0.1, -0.05) is 23.7 Å². The number of hydrogen-bond acceptors (Lipinski definition) is 1. The van der Waals surface area contributed by atoms with Gasteiger partial charge >= 0.3 is 5.51 Å². The first-order valence-corrected chi connectivity index (χ1v) is 4.10. The Labute approximate surface area is 76.7 Å². The van der Waals surface area contributed by atoms with Crippen molar-refractivity contribution in [3.8, 4) is 0 Å². The predicted octanol–water partition coefficient (Wildman–Crippen LogP) is 3.75. The van der Waals surface area contributed by atoms with Crippen LogP contribution in [0.15, 0.2) is 23.1 Å². The monoisotopic (exact) mass is 211 g/mol. The average Bonchev–Trinajstić information content (AvgIpc) is 1.91. The van der Waals surface area contributed by atoms with Gasteiger partial charge < -0.3 is 0 Å². The Morgan fingerprint density at radius 3 is 2.58 bits per heavy atom. The van der Waals surface area contributed by atoms with E-state index in [0.29, 0.717) is 0 Å². The first-order valence-electron chi connectivity index (χ1n) is 2.91. The summed E-state index contributed by atoms with van der Waals surface area (Å²) in [5.74, 6) is 0. The minimum atomic E-state index is -4.29. The molecule has 0 saturated carbocycles. The van der Waals surface area contributed by atoms with Gasteiger partial charge in [0.2, 0.25) is 0 Å². The fraction of sp³-hybridized carbons (Fsp3) is 0.143. The van der Waals surface area contributed by atoms with E-state index in [1.165, 1.54) is 18.2 Å². The number of thioether (sulfide) groups is 1. The zero-order valence-electron chi connectivity index (χ0n) is 5.65. The standard InChI is InChI=1S/C7H3ClF3S/c8-5-3-1-2-4-6(5)12-7(9,10)11/h1-2,4H. The molecule has 5 heteroatoms. The predicted molar refractivity (Wildman–Crippen MR) is 42.2 cm³/mol. The van der Waals surface area contributed by atoms with E-state index < -0.39 is 5.51 Å². The Morgan fingerprint density at radius 2 is 2.08 bits per heavy atom. The van der Waals surface area contributed by atoms with Crippen molar-refractivity contribution in [2.24, 2.45) is 0 Å². The van der Waals surface area contributed by atoms with Gasteiger partial charge in [0.1, 0.15) is 0 Å². The molecule has 12 heavy (non-hydrogen) atoms. The second-order valence-electron chi connectivity index (χ2n) is 1.90. The number of hydrogen-bond donors (Lipinski definition) is 0. The molecular formula is C7H3ClF3S. The normalized spacial score (nSPS) is 11.7. The molecule has 0 saturated heterocycles. The summed E-state index contributed by atoms with van der Waals surface area (Å²) in [5, 5.41) is -0.000162. The maximum absolute atomic E-state index is 11.8. The largest absolute Gasteiger partial charge is 0.446 e. The first kappa shape index (κ1) is 9.74. The minimum absolute atomic E-state index is 0.000162. The summed E-state index contributed by atoms with van der Waals surface area (Å²) < 4.78 is 35.4. The lowest BCUT2D eigenvalue weighted by molar-refractivity contribution is -0.0328. The van der Waals surface area contributed by atoms with Crippen LogP contribution in [-0.2, 0) is 0 Å². The second-order valence-corrected chi connectivity index (χ2v) is 3.38. The van der Waals surface area contributed by atoms with E-state index in [0.717, 1.165) is 0 Å². The molecule has 0 fully saturated rings. The molecule has 0 spiro atoms. The van der Waals surface area contributed by atoms with Gasteiger partial charge in [-0.15, -0.1) is 0 Å². The van der Waals surface area contributed by atoms with Crippen LogP contribution in [0.5, 0.6) is 0 Å². The van der Waals surface area contributed by atoms with Crippen molar-refractivity contribution in [1.29, 1.82) is 0 Å². The molecule has 0 aliphatic heterocycles. The maximum Gasteiger partial charge on any atom is 0.446 e. The van der Waals surface area contributed by atoms with E-state index >= 15 is 0 Å². The van der Waals surface area contributed by atoms with Crippen molar-refractivity contribution in [3.63, 3.8) is 0 Å². The van der Waals surface area contributed by atoms with Gasteiger partial charge in [0, 0.05) is 11.0 Å². The highest BCUT2D eigenvalue weighted by Crippen LogP contribution is 2.39. The SMILES string of the molecule is FC(F)(F)Sc1ccc[c]c1Cl. The highest BCUT2D eigenvalue weighted by molar-refractivity contribution is 8.00. The smallest absolute Gasteiger partial charge is 0.160 e. The highest BCUT2D eigenvalue weighted by Gasteiger charge is 2.29. The van der Waals surface area contributed by atoms with E-state index in [1.54, 1.807) is 0 Å². The quantitative estimate of drug-likeness (QED) is 0.638. The van der Waals surface area contributed by atoms with Crippen LogP contribution in [0.4, 0.5) is 13.2 Å². The summed E-state index contributed by atoms with van der Waals surface area (Å²) in [6, 6.07) is 6.69. The lowest BCUT2D eigenvalue weighted by Gasteiger charge is -2.05. The van der Waals surface area contributed by atoms with Gasteiger partial charge in [-0.3, -0.25) is 0 Å². The summed E-state index contributed by atoms with van der Waals surface area (Å²) in [6.07, 6.45) is 0. The number of rotatable bonds is 1. The van der Waals surface area contributed by atoms with Crippen LogP contribution < -0.4 is 0 Å². The molecule has 0 bridgehead atoms. The fourth-order valence-electron chi connectivity index (χ4n) is 0.605. The molecule has 0 atom stereocenters. The molecule has 0 N–H and O–H groups in total. The lowest BCUT2D eigenvalue weighted by Crippen LogP contribution is -1.99. The maximum atomic E-state index is 11.8. The number of benzene rings is 1. The van der Waals surface area contributed by atoms with Crippen molar-refractivity contribution < 1.29 is 13.2 Å². The summed E-state index contributed by atoms with van der Waals surface area (Å²) in [6.45, 7) is 0. The average molecular weight is 212 g/mol. The third kappa shape index (κ3) is 2.95. The molecule has 0 amide bonds. The van der Waals surface area contributed by atoms with Crippen molar-refractivity contribution in [2.45, 2.75) is 10.4 Å². The molecule has 65 valence electrons. The van der Waals surface area contributed by atoms with Gasteiger partial charge in [0.25, 0.3) is 0 Å². The highest BCUT2D eigenvalue weighted by atomic mass is 35.5. The third-order valence-electron chi connectivity index (χ3n) is 0.996. The summed E-state index contributed by atoms with van der Waals surface area (Å²) in [5.41, 5.74) is -4.29. The third-order valence-corrected chi connectivity index (χ3v) is 2.21. The topological polar surface area (TPSA) is 0 Å². The molecular weight excluding hydrogens is 209 g/mol. The van der Waals surface area contributed by atoms with Gasteiger partial charge in [0.15, 0.2) is 0 Å². The first-order chi connectivity index (χ1) is 5.49. The van der Waals surface area contributed by atoms with Gasteiger partial charge in [0.05, 0.1) is 5.02 Å². The van der Waals surface area contributed by atoms with Crippen LogP contribution in [0, 0.1) is 6.07 Å². The summed E-state index contributed by atoms with van der Waals surface area (Å²) in [7, 11) is 0. The van der Waals surface area contributed by atoms with Crippen molar-refractivity contribution in [1.82, 2.24) is 0 Å². The second kappa shape index (κ2) is 3.58. The molecule has 0 heterocycles. The van der Waals surface area contributed by atoms with Crippen LogP contribution in [0.1, 0.15) is 0 Å². The Balaban J connectivity index is 2.83. The van der Waals surface area contributed by atoms with E-state index in [9.17, 15) is 13.2 Å². The molecule has 1 radical (unpaired) electrons. The van der Waals surface area contributed by atoms with Gasteiger partial charge in [-0.25, -0.2) is 0 Å². The van der Waals surface area contributed by atoms with E-state index in [2.05, 4.69) is 6.07 Å². The van der Waals surface area contributed by atoms with E-state index in [1.807, 2.05) is 0 Å². The molecule has 0 nitrogen and oxygen atoms in total. The Morgan fingerprint density at radius 1 is 1.42 bits per heavy atom. The van der Waals surface area contributed by atoms with Gasteiger partial charge in [-0.05, 0) is 17.8 Å². The molecule has 0 aromatic heterocycles.